The van der Waals surface area contributed by atoms with E-state index >= 15 is 0 Å². The zero-order valence-electron chi connectivity index (χ0n) is 8.90. The van der Waals surface area contributed by atoms with Crippen molar-refractivity contribution < 1.29 is 0 Å². The van der Waals surface area contributed by atoms with Crippen LogP contribution < -0.4 is 0 Å². The molecule has 1 heteroatoms. The van der Waals surface area contributed by atoms with Crippen molar-refractivity contribution in [2.75, 3.05) is 0 Å². The maximum absolute atomic E-state index is 2.47. The number of hydrogen-bond donors (Lipinski definition) is 0. The van der Waals surface area contributed by atoms with E-state index in [4.69, 9.17) is 0 Å². The van der Waals surface area contributed by atoms with Gasteiger partial charge in [0.25, 0.3) is 0 Å². The average Bonchev–Trinajstić information content (AvgIpc) is 1.97. The summed E-state index contributed by atoms with van der Waals surface area (Å²) in [5.41, 5.74) is 3.31. The third kappa shape index (κ3) is 1.95. The van der Waals surface area contributed by atoms with Gasteiger partial charge in [-0.2, -0.15) is 0 Å². The topological polar surface area (TPSA) is 0 Å². The quantitative estimate of drug-likeness (QED) is 0.477. The van der Waals surface area contributed by atoms with Crippen LogP contribution >= 0.6 is 0 Å². The van der Waals surface area contributed by atoms with Crippen LogP contribution in [0.25, 0.3) is 0 Å². The molecule has 1 unspecified atom stereocenters. The molecular weight excluding hydrogens is 211 g/mol. The number of hydrogen-bond acceptors (Lipinski definition) is 0. The standard InChI is InChI=1S/C11H20Se/c1-8(2)11(5)6-9(3)10(4)7-12-11/h8H,6-7H2,1-5H3. The van der Waals surface area contributed by atoms with Crippen molar-refractivity contribution in [3.05, 3.63) is 11.1 Å². The molecule has 0 aromatic heterocycles. The Morgan fingerprint density at radius 2 is 1.83 bits per heavy atom. The summed E-state index contributed by atoms with van der Waals surface area (Å²) < 4.78 is 0.636. The van der Waals surface area contributed by atoms with Gasteiger partial charge in [-0.1, -0.05) is 0 Å². The first-order valence-corrected chi connectivity index (χ1v) is 6.81. The minimum atomic E-state index is 0.636. The van der Waals surface area contributed by atoms with Crippen LogP contribution in [0.5, 0.6) is 0 Å². The fourth-order valence-corrected chi connectivity index (χ4v) is 4.53. The zero-order valence-corrected chi connectivity index (χ0v) is 10.6. The molecular formula is C11H20Se. The Labute approximate surface area is 83.0 Å². The second kappa shape index (κ2) is 3.55. The third-order valence-electron chi connectivity index (χ3n) is 3.18. The van der Waals surface area contributed by atoms with Crippen LogP contribution in [0.15, 0.2) is 11.1 Å². The molecule has 1 heterocycles. The first-order valence-electron chi connectivity index (χ1n) is 4.75. The van der Waals surface area contributed by atoms with Crippen LogP contribution in [0, 0.1) is 5.92 Å². The number of rotatable bonds is 1. The zero-order chi connectivity index (χ0) is 9.35. The molecule has 1 rings (SSSR count). The van der Waals surface area contributed by atoms with Crippen LogP contribution in [0.3, 0.4) is 0 Å². The Hall–Kier alpha value is 0.259. The maximum atomic E-state index is 2.47. The second-order valence-electron chi connectivity index (χ2n) is 4.49. The van der Waals surface area contributed by atoms with E-state index in [0.717, 1.165) is 20.9 Å². The van der Waals surface area contributed by atoms with Gasteiger partial charge in [0.2, 0.25) is 0 Å². The molecule has 0 aliphatic carbocycles. The third-order valence-corrected chi connectivity index (χ3v) is 7.07. The van der Waals surface area contributed by atoms with Crippen molar-refractivity contribution in [2.24, 2.45) is 5.92 Å². The molecule has 0 saturated carbocycles. The monoisotopic (exact) mass is 232 g/mol. The van der Waals surface area contributed by atoms with Crippen molar-refractivity contribution in [3.63, 3.8) is 0 Å². The molecule has 0 aromatic carbocycles. The molecule has 0 amide bonds. The summed E-state index contributed by atoms with van der Waals surface area (Å²) in [6, 6.07) is 0. The van der Waals surface area contributed by atoms with Gasteiger partial charge < -0.3 is 0 Å². The van der Waals surface area contributed by atoms with Crippen LogP contribution in [0.4, 0.5) is 0 Å². The number of allylic oxidation sites excluding steroid dienone is 2. The Morgan fingerprint density at radius 1 is 1.25 bits per heavy atom. The van der Waals surface area contributed by atoms with Gasteiger partial charge in [-0.15, -0.1) is 0 Å². The van der Waals surface area contributed by atoms with Gasteiger partial charge in [0.1, 0.15) is 0 Å². The molecule has 1 aliphatic heterocycles. The first-order chi connectivity index (χ1) is 5.46. The van der Waals surface area contributed by atoms with E-state index < -0.39 is 0 Å². The van der Waals surface area contributed by atoms with Gasteiger partial charge in [0.05, 0.1) is 0 Å². The first kappa shape index (κ1) is 10.3. The molecule has 0 bridgehead atoms. The van der Waals surface area contributed by atoms with Gasteiger partial charge in [-0.3, -0.25) is 0 Å². The van der Waals surface area contributed by atoms with Gasteiger partial charge >= 0.3 is 82.7 Å². The van der Waals surface area contributed by atoms with Crippen molar-refractivity contribution in [3.8, 4) is 0 Å². The van der Waals surface area contributed by atoms with Gasteiger partial charge in [-0.05, 0) is 0 Å². The molecule has 0 radical (unpaired) electrons. The Bertz CT molecular complexity index is 203. The van der Waals surface area contributed by atoms with E-state index in [-0.39, 0.29) is 0 Å². The summed E-state index contributed by atoms with van der Waals surface area (Å²) in [6.45, 7) is 11.8. The van der Waals surface area contributed by atoms with E-state index in [0.29, 0.717) is 4.31 Å². The average molecular weight is 231 g/mol. The van der Waals surface area contributed by atoms with E-state index in [9.17, 15) is 0 Å². The Morgan fingerprint density at radius 3 is 2.25 bits per heavy atom. The summed E-state index contributed by atoms with van der Waals surface area (Å²) in [7, 11) is 0. The van der Waals surface area contributed by atoms with Crippen LogP contribution in [-0.4, -0.2) is 15.0 Å². The molecule has 1 atom stereocenters. The van der Waals surface area contributed by atoms with E-state index in [2.05, 4.69) is 34.6 Å². The van der Waals surface area contributed by atoms with E-state index in [1.807, 2.05) is 0 Å². The van der Waals surface area contributed by atoms with Crippen LogP contribution in [0.1, 0.15) is 41.0 Å². The summed E-state index contributed by atoms with van der Waals surface area (Å²) in [6.07, 6.45) is 1.34. The molecule has 0 aromatic rings. The van der Waals surface area contributed by atoms with Gasteiger partial charge in [0, 0.05) is 0 Å². The summed E-state index contributed by atoms with van der Waals surface area (Å²) >= 11 is 0.824. The summed E-state index contributed by atoms with van der Waals surface area (Å²) in [5.74, 6) is 0.848. The summed E-state index contributed by atoms with van der Waals surface area (Å²) in [4.78, 5) is 0. The molecule has 12 heavy (non-hydrogen) atoms. The summed E-state index contributed by atoms with van der Waals surface area (Å²) in [5, 5.41) is 1.38. The predicted molar refractivity (Wildman–Crippen MR) is 56.8 cm³/mol. The van der Waals surface area contributed by atoms with Crippen molar-refractivity contribution in [2.45, 2.75) is 50.7 Å². The Kier molecular flexibility index (Phi) is 3.06. The van der Waals surface area contributed by atoms with Crippen molar-refractivity contribution >= 4 is 15.0 Å². The SMILES string of the molecule is CC1=C(C)CC(C)(C(C)C)[Se]C1. The van der Waals surface area contributed by atoms with E-state index in [1.54, 1.807) is 11.1 Å². The van der Waals surface area contributed by atoms with Crippen LogP contribution in [-0.2, 0) is 0 Å². The fraction of sp³-hybridized carbons (Fsp3) is 0.818. The second-order valence-corrected chi connectivity index (χ2v) is 7.66. The van der Waals surface area contributed by atoms with Gasteiger partial charge in [0.15, 0.2) is 0 Å². The Balaban J connectivity index is 2.77. The molecule has 0 fully saturated rings. The fourth-order valence-electron chi connectivity index (χ4n) is 1.50. The minimum absolute atomic E-state index is 0.636. The molecule has 0 N–H and O–H groups in total. The normalized spacial score (nSPS) is 31.5. The van der Waals surface area contributed by atoms with Crippen molar-refractivity contribution in [1.82, 2.24) is 0 Å². The van der Waals surface area contributed by atoms with E-state index in [1.165, 1.54) is 11.7 Å². The van der Waals surface area contributed by atoms with Gasteiger partial charge in [-0.25, -0.2) is 0 Å². The molecule has 0 spiro atoms. The predicted octanol–water partition coefficient (Wildman–Crippen LogP) is 3.68. The molecule has 0 nitrogen and oxygen atoms in total. The molecule has 0 saturated heterocycles. The molecule has 70 valence electrons. The van der Waals surface area contributed by atoms with Crippen LogP contribution in [0.2, 0.25) is 9.63 Å². The molecule has 1 aliphatic rings. The van der Waals surface area contributed by atoms with Crippen molar-refractivity contribution in [1.29, 1.82) is 0 Å².